The van der Waals surface area contributed by atoms with Gasteiger partial charge in [0.1, 0.15) is 6.67 Å². The first kappa shape index (κ1) is 14.9. The van der Waals surface area contributed by atoms with Crippen LogP contribution in [0.1, 0.15) is 30.9 Å². The number of rotatable bonds is 5. The molecule has 1 aliphatic rings. The zero-order valence-corrected chi connectivity index (χ0v) is 11.7. The monoisotopic (exact) mass is 280 g/mol. The number of benzene rings is 1. The first-order valence-electron chi connectivity index (χ1n) is 6.92. The van der Waals surface area contributed by atoms with E-state index in [0.29, 0.717) is 6.42 Å². The molecule has 5 heteroatoms. The Morgan fingerprint density at radius 3 is 2.60 bits per heavy atom. The second-order valence-corrected chi connectivity index (χ2v) is 5.07. The quantitative estimate of drug-likeness (QED) is 0.899. The molecule has 0 bridgehead atoms. The van der Waals surface area contributed by atoms with Crippen LogP contribution in [0.25, 0.3) is 0 Å². The number of anilines is 1. The number of amides is 1. The molecule has 1 amide bonds. The average Bonchev–Trinajstić information content (AvgIpc) is 2.49. The molecule has 0 aromatic heterocycles. The molecule has 0 saturated carbocycles. The Morgan fingerprint density at radius 2 is 2.05 bits per heavy atom. The number of alkyl halides is 1. The van der Waals surface area contributed by atoms with Gasteiger partial charge in [-0.25, -0.2) is 4.39 Å². The van der Waals surface area contributed by atoms with Crippen LogP contribution in [0.5, 0.6) is 0 Å². The SMILES string of the molecule is COC(c1ccc(N2CCCCC2=O)cc1)C(N)CF. The summed E-state index contributed by atoms with van der Waals surface area (Å²) in [5.41, 5.74) is 7.40. The van der Waals surface area contributed by atoms with E-state index in [2.05, 4.69) is 0 Å². The predicted molar refractivity (Wildman–Crippen MR) is 76.3 cm³/mol. The number of nitrogens with two attached hydrogens (primary N) is 1. The summed E-state index contributed by atoms with van der Waals surface area (Å²) in [4.78, 5) is 13.7. The normalized spacial score (nSPS) is 18.9. The van der Waals surface area contributed by atoms with Gasteiger partial charge in [-0.1, -0.05) is 12.1 Å². The molecule has 2 rings (SSSR count). The topological polar surface area (TPSA) is 55.6 Å². The van der Waals surface area contributed by atoms with Crippen molar-refractivity contribution in [2.75, 3.05) is 25.2 Å². The molecular formula is C15H21FN2O2. The van der Waals surface area contributed by atoms with Gasteiger partial charge in [-0.2, -0.15) is 0 Å². The van der Waals surface area contributed by atoms with Crippen LogP contribution in [-0.2, 0) is 9.53 Å². The Kier molecular flexibility index (Phi) is 5.09. The summed E-state index contributed by atoms with van der Waals surface area (Å²) >= 11 is 0. The maximum absolute atomic E-state index is 12.7. The highest BCUT2D eigenvalue weighted by atomic mass is 19.1. The third-order valence-corrected chi connectivity index (χ3v) is 3.68. The smallest absolute Gasteiger partial charge is 0.226 e. The van der Waals surface area contributed by atoms with E-state index in [-0.39, 0.29) is 5.91 Å². The summed E-state index contributed by atoms with van der Waals surface area (Å²) in [6, 6.07) is 6.76. The van der Waals surface area contributed by atoms with E-state index >= 15 is 0 Å². The van der Waals surface area contributed by atoms with E-state index < -0.39 is 18.8 Å². The summed E-state index contributed by atoms with van der Waals surface area (Å²) in [6.07, 6.45) is 2.13. The van der Waals surface area contributed by atoms with Crippen molar-refractivity contribution >= 4 is 11.6 Å². The molecule has 1 aromatic rings. The van der Waals surface area contributed by atoms with Gasteiger partial charge >= 0.3 is 0 Å². The van der Waals surface area contributed by atoms with E-state index in [1.54, 1.807) is 4.90 Å². The van der Waals surface area contributed by atoms with Gasteiger partial charge in [-0.15, -0.1) is 0 Å². The molecule has 2 atom stereocenters. The minimum atomic E-state index is -0.678. The fourth-order valence-corrected chi connectivity index (χ4v) is 2.56. The molecule has 1 fully saturated rings. The Bertz CT molecular complexity index is 450. The average molecular weight is 280 g/mol. The standard InChI is InChI=1S/C15H21FN2O2/c1-20-15(13(17)10-16)11-5-7-12(8-6-11)18-9-3-2-4-14(18)19/h5-8,13,15H,2-4,9-10,17H2,1H3. The number of hydrogen-bond donors (Lipinski definition) is 1. The number of piperidine rings is 1. The Balaban J connectivity index is 2.14. The lowest BCUT2D eigenvalue weighted by molar-refractivity contribution is -0.119. The lowest BCUT2D eigenvalue weighted by Crippen LogP contribution is -2.35. The summed E-state index contributed by atoms with van der Waals surface area (Å²) in [6.45, 7) is 0.126. The Hall–Kier alpha value is -1.46. The van der Waals surface area contributed by atoms with Crippen molar-refractivity contribution < 1.29 is 13.9 Å². The van der Waals surface area contributed by atoms with E-state index in [4.69, 9.17) is 10.5 Å². The van der Waals surface area contributed by atoms with Gasteiger partial charge < -0.3 is 15.4 Å². The predicted octanol–water partition coefficient (Wildman–Crippen LogP) is 2.19. The first-order valence-corrected chi connectivity index (χ1v) is 6.92. The third-order valence-electron chi connectivity index (χ3n) is 3.68. The lowest BCUT2D eigenvalue weighted by Gasteiger charge is -2.27. The fraction of sp³-hybridized carbons (Fsp3) is 0.533. The van der Waals surface area contributed by atoms with Crippen molar-refractivity contribution in [3.8, 4) is 0 Å². The molecule has 1 heterocycles. The van der Waals surface area contributed by atoms with Gasteiger partial charge in [0.05, 0.1) is 12.1 Å². The molecule has 1 saturated heterocycles. The molecule has 20 heavy (non-hydrogen) atoms. The van der Waals surface area contributed by atoms with Crippen molar-refractivity contribution in [1.29, 1.82) is 0 Å². The van der Waals surface area contributed by atoms with Crippen LogP contribution in [-0.4, -0.2) is 32.3 Å². The largest absolute Gasteiger partial charge is 0.375 e. The zero-order valence-electron chi connectivity index (χ0n) is 11.7. The van der Waals surface area contributed by atoms with Gasteiger partial charge in [-0.05, 0) is 30.5 Å². The molecule has 0 aliphatic carbocycles. The van der Waals surface area contributed by atoms with E-state index in [1.165, 1.54) is 7.11 Å². The highest BCUT2D eigenvalue weighted by Crippen LogP contribution is 2.25. The van der Waals surface area contributed by atoms with Crippen LogP contribution in [0.15, 0.2) is 24.3 Å². The minimum Gasteiger partial charge on any atom is -0.375 e. The lowest BCUT2D eigenvalue weighted by atomic mass is 10.0. The zero-order chi connectivity index (χ0) is 14.5. The van der Waals surface area contributed by atoms with Gasteiger partial charge in [0.15, 0.2) is 0 Å². The van der Waals surface area contributed by atoms with Crippen LogP contribution < -0.4 is 10.6 Å². The highest BCUT2D eigenvalue weighted by Gasteiger charge is 2.22. The van der Waals surface area contributed by atoms with Crippen molar-refractivity contribution in [3.05, 3.63) is 29.8 Å². The Labute approximate surface area is 118 Å². The maximum Gasteiger partial charge on any atom is 0.226 e. The van der Waals surface area contributed by atoms with Crippen LogP contribution in [0, 0.1) is 0 Å². The van der Waals surface area contributed by atoms with Crippen LogP contribution in [0.4, 0.5) is 10.1 Å². The molecular weight excluding hydrogens is 259 g/mol. The fourth-order valence-electron chi connectivity index (χ4n) is 2.56. The number of halogens is 1. The van der Waals surface area contributed by atoms with Gasteiger partial charge in [0, 0.05) is 25.8 Å². The molecule has 110 valence electrons. The maximum atomic E-state index is 12.7. The summed E-state index contributed by atoms with van der Waals surface area (Å²) in [7, 11) is 1.52. The molecule has 1 aliphatic heterocycles. The molecule has 2 N–H and O–H groups in total. The number of ether oxygens (including phenoxy) is 1. The number of hydrogen-bond acceptors (Lipinski definition) is 3. The van der Waals surface area contributed by atoms with E-state index in [0.717, 1.165) is 30.6 Å². The highest BCUT2D eigenvalue weighted by molar-refractivity contribution is 5.93. The van der Waals surface area contributed by atoms with Crippen LogP contribution >= 0.6 is 0 Å². The number of nitrogens with zero attached hydrogens (tertiary/aromatic N) is 1. The van der Waals surface area contributed by atoms with E-state index in [9.17, 15) is 9.18 Å². The second kappa shape index (κ2) is 6.81. The van der Waals surface area contributed by atoms with Crippen molar-refractivity contribution in [3.63, 3.8) is 0 Å². The van der Waals surface area contributed by atoms with Gasteiger partial charge in [-0.3, -0.25) is 4.79 Å². The van der Waals surface area contributed by atoms with Crippen molar-refractivity contribution in [2.45, 2.75) is 31.4 Å². The Morgan fingerprint density at radius 1 is 1.35 bits per heavy atom. The molecule has 4 nitrogen and oxygen atoms in total. The molecule has 1 aromatic carbocycles. The second-order valence-electron chi connectivity index (χ2n) is 5.07. The molecule has 2 unspecified atom stereocenters. The summed E-state index contributed by atoms with van der Waals surface area (Å²) < 4.78 is 17.9. The molecule has 0 radical (unpaired) electrons. The summed E-state index contributed by atoms with van der Waals surface area (Å²) in [5.74, 6) is 0.160. The van der Waals surface area contributed by atoms with Crippen molar-refractivity contribution in [2.24, 2.45) is 5.73 Å². The van der Waals surface area contributed by atoms with Gasteiger partial charge in [0.2, 0.25) is 5.91 Å². The number of carbonyl (C=O) groups is 1. The summed E-state index contributed by atoms with van der Waals surface area (Å²) in [5, 5.41) is 0. The third kappa shape index (κ3) is 3.16. The minimum absolute atomic E-state index is 0.160. The van der Waals surface area contributed by atoms with Gasteiger partial charge in [0.25, 0.3) is 0 Å². The molecule has 0 spiro atoms. The number of carbonyl (C=O) groups excluding carboxylic acids is 1. The van der Waals surface area contributed by atoms with Crippen LogP contribution in [0.2, 0.25) is 0 Å². The van der Waals surface area contributed by atoms with Crippen LogP contribution in [0.3, 0.4) is 0 Å². The number of methoxy groups -OCH3 is 1. The first-order chi connectivity index (χ1) is 9.67. The van der Waals surface area contributed by atoms with E-state index in [1.807, 2.05) is 24.3 Å². The van der Waals surface area contributed by atoms with Crippen molar-refractivity contribution in [1.82, 2.24) is 0 Å².